The quantitative estimate of drug-likeness (QED) is 0.634. The van der Waals surface area contributed by atoms with Gasteiger partial charge in [0, 0.05) is 31.7 Å². The van der Waals surface area contributed by atoms with Crippen LogP contribution in [0.25, 0.3) is 17.0 Å². The van der Waals surface area contributed by atoms with Crippen LogP contribution in [0, 0.1) is 5.92 Å². The van der Waals surface area contributed by atoms with Gasteiger partial charge in [0.1, 0.15) is 23.5 Å². The number of hydrogen-bond acceptors (Lipinski definition) is 7. The predicted molar refractivity (Wildman–Crippen MR) is 108 cm³/mol. The molecule has 5 rings (SSSR count). The first-order valence-electron chi connectivity index (χ1n) is 9.81. The molecule has 0 radical (unpaired) electrons. The van der Waals surface area contributed by atoms with Gasteiger partial charge in [0.05, 0.1) is 11.9 Å². The number of nitrogens with zero attached hydrogens (tertiary/aromatic N) is 7. The predicted octanol–water partition coefficient (Wildman–Crippen LogP) is 1.23. The lowest BCUT2D eigenvalue weighted by Crippen LogP contribution is -2.52. The molecule has 2 aliphatic heterocycles. The summed E-state index contributed by atoms with van der Waals surface area (Å²) in [6.45, 7) is 1.45. The third-order valence-corrected chi connectivity index (χ3v) is 7.05. The van der Waals surface area contributed by atoms with Crippen LogP contribution in [0.5, 0.6) is 0 Å². The number of rotatable bonds is 4. The van der Waals surface area contributed by atoms with Crippen molar-refractivity contribution in [1.82, 2.24) is 28.9 Å². The molecule has 3 aromatic heterocycles. The molecule has 10 nitrogen and oxygen atoms in total. The largest absolute Gasteiger partial charge is 0.352 e. The zero-order chi connectivity index (χ0) is 21.8. The van der Waals surface area contributed by atoms with Crippen molar-refractivity contribution in [2.75, 3.05) is 24.5 Å². The molecule has 0 spiro atoms. The van der Waals surface area contributed by atoms with Gasteiger partial charge >= 0.3 is 0 Å². The molecular formula is C18H20F2N8O2S. The van der Waals surface area contributed by atoms with Crippen molar-refractivity contribution in [1.29, 1.82) is 0 Å². The molecule has 164 valence electrons. The molecule has 0 aromatic carbocycles. The molecule has 2 saturated heterocycles. The van der Waals surface area contributed by atoms with Crippen molar-refractivity contribution in [3.8, 4) is 11.4 Å². The number of anilines is 1. The Bertz CT molecular complexity index is 1230. The van der Waals surface area contributed by atoms with Crippen molar-refractivity contribution in [2.45, 2.75) is 25.3 Å². The average Bonchev–Trinajstić information content (AvgIpc) is 3.36. The molecule has 2 unspecified atom stereocenters. The highest BCUT2D eigenvalue weighted by molar-refractivity contribution is 7.86. The molecule has 0 aliphatic carbocycles. The second-order valence-electron chi connectivity index (χ2n) is 7.73. The fraction of sp³-hybridized carbons (Fsp3) is 0.444. The molecule has 3 aromatic rings. The van der Waals surface area contributed by atoms with Gasteiger partial charge < -0.3 is 4.90 Å². The molecule has 2 aliphatic rings. The Morgan fingerprint density at radius 1 is 1.13 bits per heavy atom. The third-order valence-electron chi connectivity index (χ3n) is 6.00. The van der Waals surface area contributed by atoms with Crippen LogP contribution in [0.2, 0.25) is 0 Å². The maximum absolute atomic E-state index is 13.1. The van der Waals surface area contributed by atoms with E-state index in [2.05, 4.69) is 25.0 Å². The minimum atomic E-state index is -3.76. The number of aromatic nitrogens is 5. The Labute approximate surface area is 176 Å². The Balaban J connectivity index is 1.49. The summed E-state index contributed by atoms with van der Waals surface area (Å²) in [6.07, 6.45) is 1.89. The summed E-state index contributed by atoms with van der Waals surface area (Å²) in [7, 11) is -3.76. The summed E-state index contributed by atoms with van der Waals surface area (Å²) in [4.78, 5) is 14.9. The van der Waals surface area contributed by atoms with E-state index in [9.17, 15) is 17.2 Å². The summed E-state index contributed by atoms with van der Waals surface area (Å²) >= 11 is 0. The van der Waals surface area contributed by atoms with E-state index in [1.165, 1.54) is 33.5 Å². The molecule has 5 heterocycles. The molecule has 2 atom stereocenters. The number of alkyl halides is 2. The highest BCUT2D eigenvalue weighted by Crippen LogP contribution is 2.35. The topological polar surface area (TPSA) is 123 Å². The van der Waals surface area contributed by atoms with Crippen LogP contribution in [-0.2, 0) is 10.2 Å². The molecule has 0 bridgehead atoms. The van der Waals surface area contributed by atoms with Gasteiger partial charge in [0.15, 0.2) is 5.65 Å². The first-order valence-corrected chi connectivity index (χ1v) is 11.3. The molecule has 31 heavy (non-hydrogen) atoms. The maximum atomic E-state index is 13.1. The second kappa shape index (κ2) is 7.43. The lowest BCUT2D eigenvalue weighted by Gasteiger charge is -2.37. The Morgan fingerprint density at radius 2 is 1.94 bits per heavy atom. The minimum absolute atomic E-state index is 0.0411. The van der Waals surface area contributed by atoms with E-state index in [-0.39, 0.29) is 11.7 Å². The zero-order valence-electron chi connectivity index (χ0n) is 16.3. The van der Waals surface area contributed by atoms with Crippen LogP contribution in [0.4, 0.5) is 14.6 Å². The Morgan fingerprint density at radius 3 is 2.71 bits per heavy atom. The van der Waals surface area contributed by atoms with Gasteiger partial charge in [0.25, 0.3) is 16.6 Å². The van der Waals surface area contributed by atoms with E-state index in [0.717, 1.165) is 19.4 Å². The van der Waals surface area contributed by atoms with Gasteiger partial charge in [-0.25, -0.2) is 33.4 Å². The van der Waals surface area contributed by atoms with Crippen molar-refractivity contribution < 1.29 is 17.2 Å². The monoisotopic (exact) mass is 450 g/mol. The first kappa shape index (κ1) is 20.2. The lowest BCUT2D eigenvalue weighted by molar-refractivity contribution is 0.144. The van der Waals surface area contributed by atoms with Crippen molar-refractivity contribution in [3.63, 3.8) is 0 Å². The average molecular weight is 450 g/mol. The van der Waals surface area contributed by atoms with E-state index >= 15 is 0 Å². The Kier molecular flexibility index (Phi) is 4.83. The standard InChI is InChI=1S/C18H20F2N8O2S/c19-18(20)12-1-2-16-22-8-14(28(16)25-12)13-7-17(24-10-23-13)27-6-4-11-3-5-26(9-15(11)27)31(21,29)30/h1-2,7-8,10-11,15,18H,3-6,9H2,(H2,21,29,30). The van der Waals surface area contributed by atoms with E-state index in [4.69, 9.17) is 5.14 Å². The highest BCUT2D eigenvalue weighted by Gasteiger charge is 2.41. The van der Waals surface area contributed by atoms with Gasteiger partial charge in [-0.1, -0.05) is 0 Å². The fourth-order valence-electron chi connectivity index (χ4n) is 4.45. The summed E-state index contributed by atoms with van der Waals surface area (Å²) < 4.78 is 52.5. The molecule has 0 saturated carbocycles. The van der Waals surface area contributed by atoms with Gasteiger partial charge in [-0.2, -0.15) is 17.8 Å². The molecule has 2 N–H and O–H groups in total. The van der Waals surface area contributed by atoms with Gasteiger partial charge in [-0.3, -0.25) is 0 Å². The second-order valence-corrected chi connectivity index (χ2v) is 9.28. The third kappa shape index (κ3) is 3.62. The van der Waals surface area contributed by atoms with Crippen molar-refractivity contribution in [3.05, 3.63) is 36.4 Å². The molecule has 0 amide bonds. The summed E-state index contributed by atoms with van der Waals surface area (Å²) in [5.41, 5.74) is 1.02. The first-order chi connectivity index (χ1) is 14.8. The van der Waals surface area contributed by atoms with Crippen LogP contribution in [0.1, 0.15) is 25.0 Å². The van der Waals surface area contributed by atoms with Crippen LogP contribution in [0.3, 0.4) is 0 Å². The van der Waals surface area contributed by atoms with Gasteiger partial charge in [-0.15, -0.1) is 0 Å². The number of halogens is 2. The van der Waals surface area contributed by atoms with Gasteiger partial charge in [-0.05, 0) is 30.9 Å². The SMILES string of the molecule is NS(=O)(=O)N1CCC2CCN(c3cc(-c4cnc5ccc(C(F)F)nn45)ncn3)C2C1. The number of imidazole rings is 1. The van der Waals surface area contributed by atoms with Crippen LogP contribution in [-0.4, -0.2) is 63.0 Å². The van der Waals surface area contributed by atoms with E-state index in [1.807, 2.05) is 0 Å². The highest BCUT2D eigenvalue weighted by atomic mass is 32.2. The van der Waals surface area contributed by atoms with Crippen LogP contribution >= 0.6 is 0 Å². The Hall–Kier alpha value is -2.77. The van der Waals surface area contributed by atoms with Crippen LogP contribution in [0.15, 0.2) is 30.7 Å². The minimum Gasteiger partial charge on any atom is -0.352 e. The summed E-state index contributed by atoms with van der Waals surface area (Å²) in [5, 5.41) is 9.32. The summed E-state index contributed by atoms with van der Waals surface area (Å²) in [5.74, 6) is 0.983. The van der Waals surface area contributed by atoms with Crippen molar-refractivity contribution >= 4 is 21.7 Å². The molecular weight excluding hydrogens is 430 g/mol. The van der Waals surface area contributed by atoms with E-state index in [0.29, 0.717) is 41.9 Å². The van der Waals surface area contributed by atoms with E-state index in [1.54, 1.807) is 6.07 Å². The van der Waals surface area contributed by atoms with Crippen LogP contribution < -0.4 is 10.0 Å². The zero-order valence-corrected chi connectivity index (χ0v) is 17.2. The summed E-state index contributed by atoms with van der Waals surface area (Å²) in [6, 6.07) is 4.43. The normalized spacial score (nSPS) is 22.4. The van der Waals surface area contributed by atoms with Gasteiger partial charge in [0.2, 0.25) is 0 Å². The number of fused-ring (bicyclic) bond motifs is 2. The van der Waals surface area contributed by atoms with Crippen molar-refractivity contribution in [2.24, 2.45) is 11.1 Å². The molecule has 13 heteroatoms. The number of piperidine rings is 1. The fourth-order valence-corrected chi connectivity index (χ4v) is 5.17. The number of hydrogen-bond donors (Lipinski definition) is 1. The molecule has 2 fully saturated rings. The smallest absolute Gasteiger partial charge is 0.282 e. The lowest BCUT2D eigenvalue weighted by atomic mass is 9.93. The number of nitrogens with two attached hydrogens (primary N) is 1. The maximum Gasteiger partial charge on any atom is 0.282 e. The van der Waals surface area contributed by atoms with E-state index < -0.39 is 16.6 Å².